The second kappa shape index (κ2) is 4.62. The van der Waals surface area contributed by atoms with Crippen LogP contribution in [0.15, 0.2) is 66.8 Å². The van der Waals surface area contributed by atoms with E-state index < -0.39 is 17.3 Å². The Hall–Kier alpha value is -1.13. The number of rotatable bonds is 2. The number of hydrogen-bond donors (Lipinski definition) is 0. The van der Waals surface area contributed by atoms with Gasteiger partial charge in [-0.2, -0.15) is 0 Å². The van der Waals surface area contributed by atoms with Crippen LogP contribution in [0.2, 0.25) is 9.62 Å². The zero-order chi connectivity index (χ0) is 11.7. The topological polar surface area (TPSA) is 0 Å². The van der Waals surface area contributed by atoms with Crippen molar-refractivity contribution < 1.29 is 17.3 Å². The summed E-state index contributed by atoms with van der Waals surface area (Å²) in [5.41, 5.74) is 0. The third kappa shape index (κ3) is 2.03. The van der Waals surface area contributed by atoms with Crippen molar-refractivity contribution in [2.45, 2.75) is 9.62 Å². The average Bonchev–Trinajstić information content (AvgIpc) is 2.91. The SMILES string of the molecule is [CH3][Pt]([c]1cccc2ccccc12)[CH]1C=CC=C1. The Labute approximate surface area is 108 Å². The predicted molar refractivity (Wildman–Crippen MR) is 71.5 cm³/mol. The van der Waals surface area contributed by atoms with Crippen molar-refractivity contribution >= 4 is 14.7 Å². The molecule has 0 fully saturated rings. The monoisotopic (exact) mass is 402 g/mol. The predicted octanol–water partition coefficient (Wildman–Crippen LogP) is 4.05. The first-order chi connectivity index (χ1) is 8.36. The van der Waals surface area contributed by atoms with Crippen molar-refractivity contribution in [3.05, 3.63) is 66.8 Å². The van der Waals surface area contributed by atoms with E-state index in [1.807, 2.05) is 0 Å². The van der Waals surface area contributed by atoms with Gasteiger partial charge in [0.25, 0.3) is 0 Å². The summed E-state index contributed by atoms with van der Waals surface area (Å²) in [6, 6.07) is 15.5. The van der Waals surface area contributed by atoms with Gasteiger partial charge in [-0.3, -0.25) is 0 Å². The quantitative estimate of drug-likeness (QED) is 0.711. The molecule has 0 saturated heterocycles. The van der Waals surface area contributed by atoms with Gasteiger partial charge >= 0.3 is 108 Å². The fourth-order valence-electron chi connectivity index (χ4n) is 2.07. The van der Waals surface area contributed by atoms with Crippen LogP contribution in [0.3, 0.4) is 0 Å². The van der Waals surface area contributed by atoms with Crippen LogP contribution in [0, 0.1) is 0 Å². The molecule has 3 rings (SSSR count). The Morgan fingerprint density at radius 1 is 0.882 bits per heavy atom. The molecule has 0 saturated carbocycles. The Balaban J connectivity index is 2.10. The fraction of sp³-hybridized carbons (Fsp3) is 0.125. The molecular formula is C16H15Pt. The second-order valence-electron chi connectivity index (χ2n) is 4.03. The summed E-state index contributed by atoms with van der Waals surface area (Å²) in [6.45, 7) is 0. The molecule has 0 radical (unpaired) electrons. The molecule has 89 valence electrons. The number of allylic oxidation sites excluding steroid dienone is 4. The van der Waals surface area contributed by atoms with Gasteiger partial charge in [0.15, 0.2) is 0 Å². The van der Waals surface area contributed by atoms with Gasteiger partial charge < -0.3 is 0 Å². The summed E-state index contributed by atoms with van der Waals surface area (Å²) >= 11 is -1.13. The molecule has 2 aromatic carbocycles. The molecule has 0 bridgehead atoms. The number of hydrogen-bond acceptors (Lipinski definition) is 0. The Morgan fingerprint density at radius 3 is 2.41 bits per heavy atom. The summed E-state index contributed by atoms with van der Waals surface area (Å²) in [5.74, 6) is 0. The van der Waals surface area contributed by atoms with Crippen LogP contribution in [0.4, 0.5) is 0 Å². The van der Waals surface area contributed by atoms with E-state index in [1.165, 1.54) is 10.8 Å². The molecule has 0 aromatic heterocycles. The summed E-state index contributed by atoms with van der Waals surface area (Å²) in [6.07, 6.45) is 9.08. The maximum absolute atomic E-state index is 2.47. The van der Waals surface area contributed by atoms with Crippen LogP contribution >= 0.6 is 0 Å². The molecule has 0 amide bonds. The van der Waals surface area contributed by atoms with Crippen LogP contribution < -0.4 is 3.95 Å². The first-order valence-corrected chi connectivity index (χ1v) is 10.4. The molecular weight excluding hydrogens is 387 g/mol. The average molecular weight is 402 g/mol. The van der Waals surface area contributed by atoms with Crippen molar-refractivity contribution in [3.63, 3.8) is 0 Å². The van der Waals surface area contributed by atoms with E-state index in [0.29, 0.717) is 4.31 Å². The normalized spacial score (nSPS) is 15.7. The van der Waals surface area contributed by atoms with Crippen LogP contribution in [-0.2, 0) is 17.3 Å². The van der Waals surface area contributed by atoms with Crippen molar-refractivity contribution in [2.75, 3.05) is 0 Å². The van der Waals surface area contributed by atoms with E-state index in [0.717, 1.165) is 0 Å². The molecule has 0 aliphatic heterocycles. The molecule has 0 unspecified atom stereocenters. The third-order valence-corrected chi connectivity index (χ3v) is 9.04. The van der Waals surface area contributed by atoms with Crippen LogP contribution in [-0.4, -0.2) is 0 Å². The molecule has 0 N–H and O–H groups in total. The fourth-order valence-corrected chi connectivity index (χ4v) is 7.00. The molecule has 0 atom stereocenters. The van der Waals surface area contributed by atoms with E-state index in [-0.39, 0.29) is 0 Å². The van der Waals surface area contributed by atoms with Crippen LogP contribution in [0.1, 0.15) is 0 Å². The number of benzene rings is 2. The summed E-state index contributed by atoms with van der Waals surface area (Å²) in [5, 5.41) is 5.30. The molecule has 0 nitrogen and oxygen atoms in total. The first kappa shape index (κ1) is 11.0. The van der Waals surface area contributed by atoms with Crippen molar-refractivity contribution in [3.8, 4) is 0 Å². The van der Waals surface area contributed by atoms with Gasteiger partial charge in [0.05, 0.1) is 0 Å². The van der Waals surface area contributed by atoms with Gasteiger partial charge in [0, 0.05) is 0 Å². The molecule has 1 aliphatic carbocycles. The van der Waals surface area contributed by atoms with Gasteiger partial charge in [-0.05, 0) is 0 Å². The standard InChI is InChI=1S/C10H7.C5H5.CH3.Pt/c1-2-6-10-8-4-3-7-9(10)5-1;1-2-4-5-3-1;;/h1-7H;1-5H;1H3;. The van der Waals surface area contributed by atoms with Gasteiger partial charge in [0.2, 0.25) is 0 Å². The third-order valence-electron chi connectivity index (χ3n) is 2.97. The zero-order valence-electron chi connectivity index (χ0n) is 9.74. The molecule has 1 heteroatoms. The Morgan fingerprint density at radius 2 is 1.59 bits per heavy atom. The van der Waals surface area contributed by atoms with E-state index in [9.17, 15) is 0 Å². The van der Waals surface area contributed by atoms with Gasteiger partial charge in [-0.15, -0.1) is 0 Å². The molecule has 2 aromatic rings. The van der Waals surface area contributed by atoms with Gasteiger partial charge in [-0.1, -0.05) is 0 Å². The maximum atomic E-state index is 2.47. The number of fused-ring (bicyclic) bond motifs is 1. The minimum atomic E-state index is -1.13. The summed E-state index contributed by atoms with van der Waals surface area (Å²) < 4.78 is 2.31. The zero-order valence-corrected chi connectivity index (χ0v) is 12.0. The molecule has 1 aliphatic rings. The molecule has 0 heterocycles. The summed E-state index contributed by atoms with van der Waals surface area (Å²) in [7, 11) is 0. The molecule has 0 spiro atoms. The van der Waals surface area contributed by atoms with Crippen molar-refractivity contribution in [1.82, 2.24) is 0 Å². The molecule has 17 heavy (non-hydrogen) atoms. The Kier molecular flexibility index (Phi) is 2.99. The van der Waals surface area contributed by atoms with Crippen molar-refractivity contribution in [2.24, 2.45) is 0 Å². The van der Waals surface area contributed by atoms with E-state index in [1.54, 1.807) is 3.95 Å². The van der Waals surface area contributed by atoms with Gasteiger partial charge in [0.1, 0.15) is 0 Å². The summed E-state index contributed by atoms with van der Waals surface area (Å²) in [4.78, 5) is 0. The first-order valence-electron chi connectivity index (χ1n) is 5.64. The van der Waals surface area contributed by atoms with E-state index >= 15 is 0 Å². The second-order valence-corrected chi connectivity index (χ2v) is 9.88. The van der Waals surface area contributed by atoms with E-state index in [2.05, 4.69) is 72.1 Å². The minimum absolute atomic E-state index is 0.700. The van der Waals surface area contributed by atoms with Crippen LogP contribution in [0.25, 0.3) is 10.8 Å². The van der Waals surface area contributed by atoms with Crippen molar-refractivity contribution in [1.29, 1.82) is 0 Å². The van der Waals surface area contributed by atoms with Crippen LogP contribution in [0.5, 0.6) is 0 Å². The Bertz CT molecular complexity index is 578. The van der Waals surface area contributed by atoms with Gasteiger partial charge in [-0.25, -0.2) is 0 Å². The van der Waals surface area contributed by atoms with E-state index in [4.69, 9.17) is 0 Å².